The Morgan fingerprint density at radius 1 is 1.11 bits per heavy atom. The third kappa shape index (κ3) is 4.33. The Bertz CT molecular complexity index is 793. The molecule has 4 rings (SSSR count). The summed E-state index contributed by atoms with van der Waals surface area (Å²) in [6, 6.07) is 9.14. The van der Waals surface area contributed by atoms with Crippen molar-refractivity contribution in [2.24, 2.45) is 0 Å². The van der Waals surface area contributed by atoms with Crippen molar-refractivity contribution in [1.29, 1.82) is 0 Å². The molecule has 0 bridgehead atoms. The number of carboxylic acids is 1. The first kappa shape index (κ1) is 19.3. The van der Waals surface area contributed by atoms with Crippen LogP contribution < -0.4 is 4.90 Å². The van der Waals surface area contributed by atoms with E-state index in [4.69, 9.17) is 0 Å². The first-order valence-electron chi connectivity index (χ1n) is 9.94. The quantitative estimate of drug-likeness (QED) is 0.796. The van der Waals surface area contributed by atoms with Gasteiger partial charge in [-0.3, -0.25) is 5.10 Å². The zero-order chi connectivity index (χ0) is 19.5. The highest BCUT2D eigenvalue weighted by atomic mass is 32.2. The molecule has 0 atom stereocenters. The molecular weight excluding hydrogens is 374 g/mol. The van der Waals surface area contributed by atoms with Gasteiger partial charge in [-0.25, -0.2) is 4.79 Å². The molecule has 1 saturated heterocycles. The van der Waals surface area contributed by atoms with Crippen LogP contribution in [0.2, 0.25) is 0 Å². The highest BCUT2D eigenvalue weighted by Gasteiger charge is 2.26. The molecule has 2 aliphatic rings. The number of hydrogen-bond acceptors (Lipinski definition) is 6. The second-order valence-corrected chi connectivity index (χ2v) is 9.06. The number of aromatic amines is 1. The van der Waals surface area contributed by atoms with E-state index in [0.29, 0.717) is 16.2 Å². The van der Waals surface area contributed by atoms with E-state index >= 15 is 0 Å². The van der Waals surface area contributed by atoms with Gasteiger partial charge in [0.05, 0.1) is 0 Å². The molecule has 8 heteroatoms. The van der Waals surface area contributed by atoms with E-state index in [-0.39, 0.29) is 5.69 Å². The summed E-state index contributed by atoms with van der Waals surface area (Å²) in [7, 11) is 2.18. The van der Waals surface area contributed by atoms with Crippen LogP contribution >= 0.6 is 11.8 Å². The van der Waals surface area contributed by atoms with Gasteiger partial charge in [-0.05, 0) is 56.3 Å². The summed E-state index contributed by atoms with van der Waals surface area (Å²) in [5, 5.41) is 20.1. The van der Waals surface area contributed by atoms with Gasteiger partial charge in [0.15, 0.2) is 10.7 Å². The van der Waals surface area contributed by atoms with Crippen molar-refractivity contribution >= 4 is 23.4 Å². The number of aromatic nitrogens is 3. The van der Waals surface area contributed by atoms with Crippen molar-refractivity contribution in [3.8, 4) is 0 Å². The Morgan fingerprint density at radius 3 is 2.43 bits per heavy atom. The molecule has 2 N–H and O–H groups in total. The molecule has 0 amide bonds. The molecule has 1 saturated carbocycles. The minimum Gasteiger partial charge on any atom is -0.476 e. The molecular formula is C20H27N5O2S. The van der Waals surface area contributed by atoms with Crippen molar-refractivity contribution < 1.29 is 9.90 Å². The number of thioether (sulfide) groups is 1. The van der Waals surface area contributed by atoms with Crippen molar-refractivity contribution in [2.75, 3.05) is 38.1 Å². The van der Waals surface area contributed by atoms with Crippen LogP contribution in [0.15, 0.2) is 29.3 Å². The average molecular weight is 402 g/mol. The maximum absolute atomic E-state index is 11.2. The molecule has 1 aromatic carbocycles. The molecule has 1 aliphatic heterocycles. The minimum atomic E-state index is -0.998. The van der Waals surface area contributed by atoms with Gasteiger partial charge in [0, 0.05) is 37.1 Å². The highest BCUT2D eigenvalue weighted by Crippen LogP contribution is 2.40. The van der Waals surface area contributed by atoms with Crippen LogP contribution in [0.5, 0.6) is 0 Å². The van der Waals surface area contributed by atoms with Crippen LogP contribution in [0.4, 0.5) is 5.69 Å². The van der Waals surface area contributed by atoms with Gasteiger partial charge >= 0.3 is 5.97 Å². The van der Waals surface area contributed by atoms with E-state index in [1.807, 2.05) is 0 Å². The van der Waals surface area contributed by atoms with E-state index in [1.165, 1.54) is 11.3 Å². The van der Waals surface area contributed by atoms with E-state index in [9.17, 15) is 9.90 Å². The van der Waals surface area contributed by atoms with Crippen LogP contribution in [-0.4, -0.2) is 69.9 Å². The zero-order valence-electron chi connectivity index (χ0n) is 16.2. The molecule has 0 unspecified atom stereocenters. The summed E-state index contributed by atoms with van der Waals surface area (Å²) in [4.78, 5) is 16.0. The van der Waals surface area contributed by atoms with E-state index in [0.717, 1.165) is 51.9 Å². The van der Waals surface area contributed by atoms with Crippen molar-refractivity contribution in [2.45, 2.75) is 41.9 Å². The average Bonchev–Trinajstić information content (AvgIpc) is 3.18. The number of carboxylic acid groups (broad SMARTS) is 1. The van der Waals surface area contributed by atoms with Gasteiger partial charge in [0.2, 0.25) is 0 Å². The monoisotopic (exact) mass is 401 g/mol. The van der Waals surface area contributed by atoms with E-state index < -0.39 is 5.97 Å². The first-order valence-corrected chi connectivity index (χ1v) is 10.8. The summed E-state index contributed by atoms with van der Waals surface area (Å²) in [5.74, 6) is -0.406. The number of anilines is 1. The third-order valence-electron chi connectivity index (χ3n) is 5.92. The van der Waals surface area contributed by atoms with Gasteiger partial charge in [0.25, 0.3) is 0 Å². The summed E-state index contributed by atoms with van der Waals surface area (Å²) >= 11 is 1.55. The molecule has 1 aliphatic carbocycles. The van der Waals surface area contributed by atoms with Gasteiger partial charge in [0.1, 0.15) is 0 Å². The van der Waals surface area contributed by atoms with Crippen molar-refractivity contribution in [1.82, 2.24) is 20.3 Å². The lowest BCUT2D eigenvalue weighted by Crippen LogP contribution is -2.44. The number of nitrogens with zero attached hydrogens (tertiary/aromatic N) is 4. The van der Waals surface area contributed by atoms with Gasteiger partial charge in [-0.15, -0.1) is 5.10 Å². The van der Waals surface area contributed by atoms with Crippen LogP contribution in [0, 0.1) is 0 Å². The number of carbonyl (C=O) groups is 1. The smallest absolute Gasteiger partial charge is 0.356 e. The molecule has 0 radical (unpaired) electrons. The van der Waals surface area contributed by atoms with Crippen LogP contribution in [-0.2, 0) is 0 Å². The number of benzene rings is 1. The molecule has 2 heterocycles. The third-order valence-corrected chi connectivity index (χ3v) is 7.23. The number of nitrogens with one attached hydrogen (secondary N) is 1. The zero-order valence-corrected chi connectivity index (χ0v) is 17.0. The topological polar surface area (TPSA) is 85.4 Å². The summed E-state index contributed by atoms with van der Waals surface area (Å²) in [5.41, 5.74) is 2.86. The number of aromatic carboxylic acids is 1. The van der Waals surface area contributed by atoms with E-state index in [1.54, 1.807) is 11.8 Å². The Kier molecular flexibility index (Phi) is 5.87. The number of hydrogen-bond donors (Lipinski definition) is 2. The second-order valence-electron chi connectivity index (χ2n) is 7.77. The Balaban J connectivity index is 1.31. The fraction of sp³-hybridized carbons (Fsp3) is 0.550. The molecule has 150 valence electrons. The lowest BCUT2D eigenvalue weighted by atomic mass is 9.84. The van der Waals surface area contributed by atoms with Crippen molar-refractivity contribution in [3.63, 3.8) is 0 Å². The van der Waals surface area contributed by atoms with Crippen molar-refractivity contribution in [3.05, 3.63) is 35.5 Å². The normalized spacial score (nSPS) is 23.7. The second kappa shape index (κ2) is 8.53. The molecule has 0 spiro atoms. The number of likely N-dealkylation sites (N-methyl/N-ethyl adjacent to an activating group) is 1. The number of H-pyrrole nitrogens is 1. The summed E-state index contributed by atoms with van der Waals surface area (Å²) in [6.45, 7) is 4.44. The fourth-order valence-electron chi connectivity index (χ4n) is 4.13. The van der Waals surface area contributed by atoms with Crippen LogP contribution in [0.3, 0.4) is 0 Å². The Hall–Kier alpha value is -2.06. The standard InChI is InChI=1S/C20H27N5O2S/c1-24-10-12-25(13-11-24)16-6-2-14(3-7-16)15-4-8-17(9-5-15)28-19-18(20(26)27)21-23-22-19/h2-3,6-7,15,17H,4-5,8-13H2,1H3,(H,26,27)(H,21,22,23)/t15-,17+. The Labute approximate surface area is 169 Å². The summed E-state index contributed by atoms with van der Waals surface area (Å²) < 4.78 is 0. The highest BCUT2D eigenvalue weighted by molar-refractivity contribution is 7.99. The van der Waals surface area contributed by atoms with Gasteiger partial charge in [-0.1, -0.05) is 29.1 Å². The first-order chi connectivity index (χ1) is 13.6. The predicted molar refractivity (Wildman–Crippen MR) is 110 cm³/mol. The maximum Gasteiger partial charge on any atom is 0.356 e. The molecule has 28 heavy (non-hydrogen) atoms. The lowest BCUT2D eigenvalue weighted by Gasteiger charge is -2.34. The number of rotatable bonds is 5. The SMILES string of the molecule is CN1CCN(c2ccc([C@H]3CC[C@@H](Sc4nn[nH]c4C(=O)O)CC3)cc2)CC1. The maximum atomic E-state index is 11.2. The van der Waals surface area contributed by atoms with Crippen LogP contribution in [0.1, 0.15) is 47.7 Å². The molecule has 1 aromatic heterocycles. The minimum absolute atomic E-state index is 0.103. The Morgan fingerprint density at radius 2 is 1.79 bits per heavy atom. The van der Waals surface area contributed by atoms with Crippen LogP contribution in [0.25, 0.3) is 0 Å². The predicted octanol–water partition coefficient (Wildman–Crippen LogP) is 3.07. The van der Waals surface area contributed by atoms with Gasteiger partial charge in [-0.2, -0.15) is 0 Å². The largest absolute Gasteiger partial charge is 0.476 e. The molecule has 2 fully saturated rings. The molecule has 2 aromatic rings. The molecule has 7 nitrogen and oxygen atoms in total. The fourth-order valence-corrected chi connectivity index (χ4v) is 5.30. The van der Waals surface area contributed by atoms with Gasteiger partial charge < -0.3 is 14.9 Å². The number of piperazine rings is 1. The lowest BCUT2D eigenvalue weighted by molar-refractivity contribution is 0.0686. The van der Waals surface area contributed by atoms with E-state index in [2.05, 4.69) is 56.5 Å². The summed E-state index contributed by atoms with van der Waals surface area (Å²) in [6.07, 6.45) is 4.40.